The fraction of sp³-hybridized carbons (Fsp3) is 0.500. The standard InChI is InChI=1S/C22H26N6O3/c29-17(7-4-12-28-20(30)22(25-21(28)31)10-1-2-11-22)23-16-6-3-5-15(13-16)19-24-18(26-27-19)14-8-9-14/h3,5-6,13-14H,1-2,4,7-12H2,(H,23,29)(H,25,31)(H,24,26,27). The SMILES string of the molecule is O=C(CCCN1C(=O)NC2(CCCC2)C1=O)Nc1cccc(-c2n[nH]c(C3CC3)n2)c1. The van der Waals surface area contributed by atoms with Crippen molar-refractivity contribution < 1.29 is 14.4 Å². The lowest BCUT2D eigenvalue weighted by Gasteiger charge is -2.19. The molecule has 5 rings (SSSR count). The fourth-order valence-electron chi connectivity index (χ4n) is 4.50. The average Bonchev–Trinajstić information content (AvgIpc) is 3.20. The number of aromatic amines is 1. The number of nitrogens with one attached hydrogen (secondary N) is 3. The molecule has 9 nitrogen and oxygen atoms in total. The quantitative estimate of drug-likeness (QED) is 0.593. The number of anilines is 1. The average molecular weight is 422 g/mol. The molecule has 0 atom stereocenters. The van der Waals surface area contributed by atoms with Crippen molar-refractivity contribution in [2.75, 3.05) is 11.9 Å². The summed E-state index contributed by atoms with van der Waals surface area (Å²) in [7, 11) is 0. The van der Waals surface area contributed by atoms with Gasteiger partial charge in [0.05, 0.1) is 0 Å². The number of carbonyl (C=O) groups excluding carboxylic acids is 3. The summed E-state index contributed by atoms with van der Waals surface area (Å²) < 4.78 is 0. The van der Waals surface area contributed by atoms with Crippen LogP contribution in [0.25, 0.3) is 11.4 Å². The van der Waals surface area contributed by atoms with E-state index in [1.165, 1.54) is 4.90 Å². The lowest BCUT2D eigenvalue weighted by atomic mass is 9.98. The van der Waals surface area contributed by atoms with Crippen LogP contribution in [0, 0.1) is 0 Å². The van der Waals surface area contributed by atoms with Crippen LogP contribution in [-0.2, 0) is 9.59 Å². The van der Waals surface area contributed by atoms with Gasteiger partial charge < -0.3 is 10.6 Å². The number of imide groups is 1. The molecule has 162 valence electrons. The maximum Gasteiger partial charge on any atom is 0.325 e. The number of rotatable bonds is 7. The van der Waals surface area contributed by atoms with Crippen LogP contribution >= 0.6 is 0 Å². The lowest BCUT2D eigenvalue weighted by Crippen LogP contribution is -2.44. The molecule has 0 unspecified atom stereocenters. The molecule has 2 aliphatic carbocycles. The summed E-state index contributed by atoms with van der Waals surface area (Å²) in [6.45, 7) is 0.251. The molecule has 3 aliphatic rings. The van der Waals surface area contributed by atoms with E-state index in [0.29, 0.717) is 36.7 Å². The second kappa shape index (κ2) is 7.79. The summed E-state index contributed by atoms with van der Waals surface area (Å²) in [5, 5.41) is 13.0. The Morgan fingerprint density at radius 1 is 1.23 bits per heavy atom. The van der Waals surface area contributed by atoms with Gasteiger partial charge in [-0.1, -0.05) is 25.0 Å². The number of H-pyrrole nitrogens is 1. The Morgan fingerprint density at radius 3 is 2.81 bits per heavy atom. The van der Waals surface area contributed by atoms with Crippen LogP contribution in [0.4, 0.5) is 10.5 Å². The highest BCUT2D eigenvalue weighted by molar-refractivity contribution is 6.07. The van der Waals surface area contributed by atoms with Gasteiger partial charge in [0.15, 0.2) is 5.82 Å². The first-order valence-corrected chi connectivity index (χ1v) is 11.0. The number of aromatic nitrogens is 3. The van der Waals surface area contributed by atoms with Crippen LogP contribution in [0.1, 0.15) is 63.1 Å². The first-order valence-electron chi connectivity index (χ1n) is 11.0. The Labute approximate surface area is 180 Å². The maximum atomic E-state index is 12.7. The number of urea groups is 1. The van der Waals surface area contributed by atoms with E-state index in [0.717, 1.165) is 37.1 Å². The predicted octanol–water partition coefficient (Wildman–Crippen LogP) is 2.93. The van der Waals surface area contributed by atoms with Gasteiger partial charge in [0, 0.05) is 30.1 Å². The Bertz CT molecular complexity index is 1020. The molecule has 1 aliphatic heterocycles. The predicted molar refractivity (Wildman–Crippen MR) is 113 cm³/mol. The van der Waals surface area contributed by atoms with Gasteiger partial charge >= 0.3 is 6.03 Å². The molecule has 4 amide bonds. The summed E-state index contributed by atoms with van der Waals surface area (Å²) >= 11 is 0. The number of carbonyl (C=O) groups is 3. The van der Waals surface area contributed by atoms with Gasteiger partial charge in [-0.05, 0) is 44.2 Å². The molecule has 2 saturated carbocycles. The largest absolute Gasteiger partial charge is 0.326 e. The van der Waals surface area contributed by atoms with E-state index in [9.17, 15) is 14.4 Å². The summed E-state index contributed by atoms with van der Waals surface area (Å²) in [4.78, 5) is 43.1. The minimum absolute atomic E-state index is 0.139. The zero-order chi connectivity index (χ0) is 21.4. The van der Waals surface area contributed by atoms with E-state index in [4.69, 9.17) is 0 Å². The van der Waals surface area contributed by atoms with E-state index in [2.05, 4.69) is 25.8 Å². The highest BCUT2D eigenvalue weighted by Crippen LogP contribution is 2.38. The minimum atomic E-state index is -0.695. The third-order valence-corrected chi connectivity index (χ3v) is 6.36. The van der Waals surface area contributed by atoms with Gasteiger partial charge in [-0.15, -0.1) is 0 Å². The highest BCUT2D eigenvalue weighted by Gasteiger charge is 2.52. The van der Waals surface area contributed by atoms with Crippen molar-refractivity contribution in [3.8, 4) is 11.4 Å². The van der Waals surface area contributed by atoms with Crippen molar-refractivity contribution in [1.29, 1.82) is 0 Å². The molecule has 3 fully saturated rings. The lowest BCUT2D eigenvalue weighted by molar-refractivity contribution is -0.131. The van der Waals surface area contributed by atoms with Crippen molar-refractivity contribution in [2.24, 2.45) is 0 Å². The number of nitrogens with zero attached hydrogens (tertiary/aromatic N) is 3. The molecule has 2 heterocycles. The third-order valence-electron chi connectivity index (χ3n) is 6.36. The Hall–Kier alpha value is -3.23. The van der Waals surface area contributed by atoms with E-state index in [1.807, 2.05) is 24.3 Å². The van der Waals surface area contributed by atoms with E-state index >= 15 is 0 Å². The topological polar surface area (TPSA) is 120 Å². The zero-order valence-electron chi connectivity index (χ0n) is 17.3. The monoisotopic (exact) mass is 422 g/mol. The number of amides is 4. The third kappa shape index (κ3) is 3.92. The van der Waals surface area contributed by atoms with Crippen molar-refractivity contribution >= 4 is 23.5 Å². The summed E-state index contributed by atoms with van der Waals surface area (Å²) in [6.07, 6.45) is 6.27. The van der Waals surface area contributed by atoms with Gasteiger partial charge in [-0.2, -0.15) is 5.10 Å². The van der Waals surface area contributed by atoms with Gasteiger partial charge in [-0.3, -0.25) is 19.6 Å². The summed E-state index contributed by atoms with van der Waals surface area (Å²) in [5.41, 5.74) is 0.807. The molecule has 0 bridgehead atoms. The Morgan fingerprint density at radius 2 is 2.03 bits per heavy atom. The van der Waals surface area contributed by atoms with Gasteiger partial charge in [0.1, 0.15) is 11.4 Å². The van der Waals surface area contributed by atoms with Crippen molar-refractivity contribution in [1.82, 2.24) is 25.4 Å². The highest BCUT2D eigenvalue weighted by atomic mass is 16.2. The van der Waals surface area contributed by atoms with Crippen molar-refractivity contribution in [3.63, 3.8) is 0 Å². The number of benzene rings is 1. The van der Waals surface area contributed by atoms with Crippen LogP contribution in [0.5, 0.6) is 0 Å². The van der Waals surface area contributed by atoms with Crippen LogP contribution in [0.2, 0.25) is 0 Å². The molecule has 2 aromatic rings. The van der Waals surface area contributed by atoms with Gasteiger partial charge in [-0.25, -0.2) is 9.78 Å². The molecule has 1 saturated heterocycles. The molecule has 1 aromatic heterocycles. The second-order valence-corrected chi connectivity index (χ2v) is 8.73. The van der Waals surface area contributed by atoms with Crippen molar-refractivity contribution in [3.05, 3.63) is 30.1 Å². The van der Waals surface area contributed by atoms with Crippen molar-refractivity contribution in [2.45, 2.75) is 62.8 Å². The summed E-state index contributed by atoms with van der Waals surface area (Å²) in [6, 6.07) is 7.09. The Balaban J connectivity index is 1.14. The molecule has 31 heavy (non-hydrogen) atoms. The van der Waals surface area contributed by atoms with Crippen LogP contribution in [-0.4, -0.2) is 50.0 Å². The second-order valence-electron chi connectivity index (χ2n) is 8.73. The fourth-order valence-corrected chi connectivity index (χ4v) is 4.50. The Kier molecular flexibility index (Phi) is 4.95. The molecular formula is C22H26N6O3. The minimum Gasteiger partial charge on any atom is -0.326 e. The first-order chi connectivity index (χ1) is 15.0. The normalized spacial score (nSPS) is 19.8. The van der Waals surface area contributed by atoms with Crippen LogP contribution < -0.4 is 10.6 Å². The number of hydrogen-bond acceptors (Lipinski definition) is 5. The molecular weight excluding hydrogens is 396 g/mol. The van der Waals surface area contributed by atoms with E-state index < -0.39 is 5.54 Å². The van der Waals surface area contributed by atoms with E-state index in [1.54, 1.807) is 0 Å². The smallest absolute Gasteiger partial charge is 0.325 e. The molecule has 0 radical (unpaired) electrons. The van der Waals surface area contributed by atoms with E-state index in [-0.39, 0.29) is 30.8 Å². The maximum absolute atomic E-state index is 12.7. The van der Waals surface area contributed by atoms with Gasteiger partial charge in [0.25, 0.3) is 5.91 Å². The van der Waals surface area contributed by atoms with Gasteiger partial charge in [0.2, 0.25) is 5.91 Å². The summed E-state index contributed by atoms with van der Waals surface area (Å²) in [5.74, 6) is 1.74. The molecule has 1 spiro atoms. The first kappa shape index (κ1) is 19.7. The molecule has 9 heteroatoms. The zero-order valence-corrected chi connectivity index (χ0v) is 17.3. The number of hydrogen-bond donors (Lipinski definition) is 3. The van der Waals surface area contributed by atoms with Crippen LogP contribution in [0.15, 0.2) is 24.3 Å². The van der Waals surface area contributed by atoms with Crippen LogP contribution in [0.3, 0.4) is 0 Å². The molecule has 3 N–H and O–H groups in total. The molecule has 1 aromatic carbocycles.